The molecule has 3 heterocycles. The van der Waals surface area contributed by atoms with Crippen molar-refractivity contribution in [1.82, 2.24) is 9.13 Å². The highest BCUT2D eigenvalue weighted by molar-refractivity contribution is 6.14. The quantitative estimate of drug-likeness (QED) is 0.193. The molecule has 0 spiro atoms. The molecule has 0 aliphatic heterocycles. The van der Waals surface area contributed by atoms with Crippen molar-refractivity contribution in [2.45, 2.75) is 0 Å². The molecular weight excluding hydrogens is 554 g/mol. The maximum atomic E-state index is 9.62. The Morgan fingerprint density at radius 1 is 0.533 bits per heavy atom. The first-order valence-electron chi connectivity index (χ1n) is 14.4. The second-order valence-corrected chi connectivity index (χ2v) is 11.1. The molecule has 0 atom stereocenters. The number of hydrogen-bond acceptors (Lipinski definition) is 2. The first kappa shape index (κ1) is 24.8. The molecule has 3 aromatic heterocycles. The third-order valence-corrected chi connectivity index (χ3v) is 8.76. The Balaban J connectivity index is 1.32. The van der Waals surface area contributed by atoms with E-state index in [2.05, 4.69) is 79.5 Å². The topological polar surface area (TPSA) is 55.5 Å². The molecule has 0 fully saturated rings. The molecule has 0 radical (unpaired) electrons. The number of nitriles is 1. The molecule has 0 amide bonds. The maximum Gasteiger partial charge on any atom is 0.188 e. The molecule has 9 rings (SSSR count). The lowest BCUT2D eigenvalue weighted by molar-refractivity contribution is 0.667. The first-order chi connectivity index (χ1) is 22.2. The highest BCUT2D eigenvalue weighted by Gasteiger charge is 2.18. The van der Waals surface area contributed by atoms with Gasteiger partial charge in [-0.25, -0.2) is 9.69 Å². The van der Waals surface area contributed by atoms with Gasteiger partial charge in [0, 0.05) is 32.9 Å². The van der Waals surface area contributed by atoms with Gasteiger partial charge in [0.1, 0.15) is 11.7 Å². The molecule has 0 aliphatic carbocycles. The highest BCUT2D eigenvalue weighted by Crippen LogP contribution is 2.40. The average Bonchev–Trinajstić information content (AvgIpc) is 3.74. The molecular formula is C39H19N5O. The summed E-state index contributed by atoms with van der Waals surface area (Å²) in [4.78, 5) is 7.31. The number of nitrogens with zero attached hydrogens (tertiary/aromatic N) is 5. The second-order valence-electron chi connectivity index (χ2n) is 11.1. The van der Waals surface area contributed by atoms with Gasteiger partial charge in [-0.1, -0.05) is 42.5 Å². The zero-order valence-corrected chi connectivity index (χ0v) is 23.6. The number of furan rings is 1. The van der Waals surface area contributed by atoms with Crippen LogP contribution in [0.25, 0.3) is 86.6 Å². The summed E-state index contributed by atoms with van der Waals surface area (Å²) in [7, 11) is 0. The number of fused-ring (bicyclic) bond motifs is 9. The van der Waals surface area contributed by atoms with E-state index < -0.39 is 0 Å². The van der Waals surface area contributed by atoms with Crippen LogP contribution in [0.2, 0.25) is 0 Å². The van der Waals surface area contributed by atoms with Crippen LogP contribution in [0.3, 0.4) is 0 Å². The van der Waals surface area contributed by atoms with Gasteiger partial charge < -0.3 is 13.6 Å². The van der Waals surface area contributed by atoms with Gasteiger partial charge in [-0.3, -0.25) is 0 Å². The van der Waals surface area contributed by atoms with Gasteiger partial charge in [0.25, 0.3) is 0 Å². The van der Waals surface area contributed by atoms with E-state index in [4.69, 9.17) is 17.6 Å². The third-order valence-electron chi connectivity index (χ3n) is 8.76. The van der Waals surface area contributed by atoms with Gasteiger partial charge in [-0.15, -0.1) is 0 Å². The van der Waals surface area contributed by atoms with Gasteiger partial charge in [0.2, 0.25) is 0 Å². The Bertz CT molecular complexity index is 2790. The fraction of sp³-hybridized carbons (Fsp3) is 0. The Kier molecular flexibility index (Phi) is 5.00. The lowest BCUT2D eigenvalue weighted by atomic mass is 10.1. The summed E-state index contributed by atoms with van der Waals surface area (Å²) in [5.74, 6) is 0. The van der Waals surface area contributed by atoms with Gasteiger partial charge in [0.05, 0.1) is 40.8 Å². The van der Waals surface area contributed by atoms with Gasteiger partial charge in [0.15, 0.2) is 17.0 Å². The van der Waals surface area contributed by atoms with Crippen LogP contribution >= 0.6 is 0 Å². The van der Waals surface area contributed by atoms with E-state index in [9.17, 15) is 5.26 Å². The summed E-state index contributed by atoms with van der Waals surface area (Å²) >= 11 is 0. The number of rotatable bonds is 2. The molecule has 6 nitrogen and oxygen atoms in total. The Morgan fingerprint density at radius 3 is 1.76 bits per heavy atom. The summed E-state index contributed by atoms with van der Waals surface area (Å²) in [6, 6.07) is 40.5. The van der Waals surface area contributed by atoms with Crippen LogP contribution in [-0.4, -0.2) is 9.13 Å². The van der Waals surface area contributed by atoms with Crippen molar-refractivity contribution in [1.29, 1.82) is 5.26 Å². The second kappa shape index (κ2) is 9.09. The fourth-order valence-electron chi connectivity index (χ4n) is 6.81. The lowest BCUT2D eigenvalue weighted by Gasteiger charge is -2.10. The number of para-hydroxylation sites is 2. The minimum atomic E-state index is 0.523. The predicted octanol–water partition coefficient (Wildman–Crippen LogP) is 10.8. The van der Waals surface area contributed by atoms with Crippen LogP contribution in [-0.2, 0) is 0 Å². The van der Waals surface area contributed by atoms with Crippen LogP contribution in [0.1, 0.15) is 5.56 Å². The van der Waals surface area contributed by atoms with Crippen LogP contribution in [0, 0.1) is 24.5 Å². The van der Waals surface area contributed by atoms with Crippen molar-refractivity contribution in [2.75, 3.05) is 0 Å². The van der Waals surface area contributed by atoms with Crippen LogP contribution in [0.4, 0.5) is 11.4 Å². The summed E-state index contributed by atoms with van der Waals surface area (Å²) in [5, 5.41) is 15.6. The van der Waals surface area contributed by atoms with Crippen LogP contribution in [0.15, 0.2) is 120 Å². The summed E-state index contributed by atoms with van der Waals surface area (Å²) in [6.07, 6.45) is 0. The molecule has 206 valence electrons. The summed E-state index contributed by atoms with van der Waals surface area (Å²) in [6.45, 7) is 15.1. The van der Waals surface area contributed by atoms with Crippen molar-refractivity contribution >= 4 is 76.9 Å². The van der Waals surface area contributed by atoms with E-state index in [0.29, 0.717) is 22.5 Å². The molecule has 0 bridgehead atoms. The van der Waals surface area contributed by atoms with E-state index in [0.717, 1.165) is 71.3 Å². The SMILES string of the molecule is [C-]#[N+]c1ccc2c(c1)c1cc([N+]#[C-])ccc1n2-c1ccc2c(c1)c1ccccc1n2-c1ccc2oc3c(C#N)cccc3c2c1. The van der Waals surface area contributed by atoms with Gasteiger partial charge in [-0.05, 0) is 83.6 Å². The van der Waals surface area contributed by atoms with Gasteiger partial charge >= 0.3 is 0 Å². The molecule has 9 aromatic rings. The molecule has 0 unspecified atom stereocenters. The Hall–Kier alpha value is -6.81. The van der Waals surface area contributed by atoms with E-state index in [1.807, 2.05) is 54.6 Å². The monoisotopic (exact) mass is 573 g/mol. The first-order valence-corrected chi connectivity index (χ1v) is 14.4. The number of hydrogen-bond donors (Lipinski definition) is 0. The largest absolute Gasteiger partial charge is 0.455 e. The molecule has 0 aliphatic rings. The molecule has 0 saturated heterocycles. The van der Waals surface area contributed by atoms with E-state index in [-0.39, 0.29) is 0 Å². The molecule has 6 aromatic carbocycles. The van der Waals surface area contributed by atoms with Crippen molar-refractivity contribution in [3.8, 4) is 17.4 Å². The zero-order chi connectivity index (χ0) is 30.2. The summed E-state index contributed by atoms with van der Waals surface area (Å²) in [5.41, 5.74) is 9.13. The van der Waals surface area contributed by atoms with E-state index in [1.165, 1.54) is 0 Å². The number of benzene rings is 6. The summed E-state index contributed by atoms with van der Waals surface area (Å²) < 4.78 is 10.6. The Labute approximate surface area is 256 Å². The molecule has 0 N–H and O–H groups in total. The van der Waals surface area contributed by atoms with Crippen molar-refractivity contribution in [3.05, 3.63) is 144 Å². The van der Waals surface area contributed by atoms with E-state index >= 15 is 0 Å². The number of aromatic nitrogens is 2. The minimum absolute atomic E-state index is 0.523. The normalized spacial score (nSPS) is 11.5. The minimum Gasteiger partial charge on any atom is -0.455 e. The standard InChI is InChI=1S/C39H19N5O/c1-41-24-10-14-35-30(18-24)31-19-25(42-2)11-15-36(31)44(35)26-12-16-37-32(20-26)28-7-3-4-9-34(28)43(37)27-13-17-38-33(21-27)29-8-5-6-23(22-40)39(29)45-38/h3-21H. The molecule has 0 saturated carbocycles. The van der Waals surface area contributed by atoms with Crippen molar-refractivity contribution in [2.24, 2.45) is 0 Å². The predicted molar refractivity (Wildman–Crippen MR) is 180 cm³/mol. The lowest BCUT2D eigenvalue weighted by Crippen LogP contribution is -1.95. The average molecular weight is 574 g/mol. The Morgan fingerprint density at radius 2 is 1.09 bits per heavy atom. The van der Waals surface area contributed by atoms with E-state index in [1.54, 1.807) is 6.07 Å². The maximum absolute atomic E-state index is 9.62. The zero-order valence-electron chi connectivity index (χ0n) is 23.6. The van der Waals surface area contributed by atoms with Crippen LogP contribution in [0.5, 0.6) is 0 Å². The molecule has 6 heteroatoms. The molecule has 45 heavy (non-hydrogen) atoms. The van der Waals surface area contributed by atoms with Crippen molar-refractivity contribution in [3.63, 3.8) is 0 Å². The van der Waals surface area contributed by atoms with Gasteiger partial charge in [-0.2, -0.15) is 5.26 Å². The highest BCUT2D eigenvalue weighted by atomic mass is 16.3. The third kappa shape index (κ3) is 3.41. The smallest absolute Gasteiger partial charge is 0.188 e. The fourth-order valence-corrected chi connectivity index (χ4v) is 6.81. The van der Waals surface area contributed by atoms with Crippen LogP contribution < -0.4 is 0 Å². The van der Waals surface area contributed by atoms with Crippen molar-refractivity contribution < 1.29 is 4.42 Å².